The Morgan fingerprint density at radius 3 is 2.41 bits per heavy atom. The van der Waals surface area contributed by atoms with Gasteiger partial charge in [-0.1, -0.05) is 85.0 Å². The number of cyclic esters (lactones) is 1. The van der Waals surface area contributed by atoms with Gasteiger partial charge in [0.25, 0.3) is 0 Å². The Morgan fingerprint density at radius 2 is 1.69 bits per heavy atom. The average molecular weight is 545 g/mol. The van der Waals surface area contributed by atoms with Gasteiger partial charge in [0.1, 0.15) is 6.04 Å². The van der Waals surface area contributed by atoms with E-state index in [-0.39, 0.29) is 25.0 Å². The highest BCUT2D eigenvalue weighted by atomic mass is 32.2. The standard InChI is InChI=1S/C31H32N2O5S/c1-30-15-8-9-18-38-29(37)25(30)24-27(35)33(23(20-34)22-13-6-3-7-14-22)26-28(36)32(17-10-16-31(24,26)39-30)19-21-11-4-2-5-12-21/h2-8,10-16,23-26,34H,9,17-20H2,1H3/t23-,24+,25-,26?,30+,31+/m1/s1. The molecular weight excluding hydrogens is 512 g/mol. The summed E-state index contributed by atoms with van der Waals surface area (Å²) in [7, 11) is 0. The molecule has 202 valence electrons. The van der Waals surface area contributed by atoms with Crippen LogP contribution in [0, 0.1) is 11.8 Å². The van der Waals surface area contributed by atoms with Gasteiger partial charge >= 0.3 is 5.97 Å². The Labute approximate surface area is 232 Å². The Balaban J connectivity index is 1.50. The minimum absolute atomic E-state index is 0.184. The average Bonchev–Trinajstić information content (AvgIpc) is 3.26. The molecule has 2 aromatic rings. The number of hydrogen-bond acceptors (Lipinski definition) is 6. The first-order chi connectivity index (χ1) is 18.9. The fraction of sp³-hybridized carbons (Fsp3) is 0.387. The summed E-state index contributed by atoms with van der Waals surface area (Å²) in [6, 6.07) is 17.5. The molecule has 7 nitrogen and oxygen atoms in total. The lowest BCUT2D eigenvalue weighted by Gasteiger charge is -2.40. The topological polar surface area (TPSA) is 87.1 Å². The number of carbonyl (C=O) groups excluding carboxylic acids is 3. The van der Waals surface area contributed by atoms with Gasteiger partial charge in [-0.3, -0.25) is 14.4 Å². The first-order valence-corrected chi connectivity index (χ1v) is 14.2. The largest absolute Gasteiger partial charge is 0.465 e. The van der Waals surface area contributed by atoms with E-state index in [2.05, 4.69) is 0 Å². The number of aliphatic hydroxyl groups is 1. The lowest BCUT2D eigenvalue weighted by Crippen LogP contribution is -2.54. The molecule has 0 aromatic heterocycles. The predicted octanol–water partition coefficient (Wildman–Crippen LogP) is 3.51. The van der Waals surface area contributed by atoms with Crippen molar-refractivity contribution in [1.82, 2.24) is 9.80 Å². The highest BCUT2D eigenvalue weighted by Crippen LogP contribution is 2.66. The molecule has 4 aliphatic rings. The molecule has 1 N–H and O–H groups in total. The van der Waals surface area contributed by atoms with E-state index in [1.807, 2.05) is 91.9 Å². The van der Waals surface area contributed by atoms with Crippen molar-refractivity contribution >= 4 is 29.5 Å². The summed E-state index contributed by atoms with van der Waals surface area (Å²) in [4.78, 5) is 45.9. The number of likely N-dealkylation sites (tertiary alicyclic amines) is 1. The Kier molecular flexibility index (Phi) is 6.63. The summed E-state index contributed by atoms with van der Waals surface area (Å²) in [6.45, 7) is 2.67. The van der Waals surface area contributed by atoms with Crippen molar-refractivity contribution in [2.75, 3.05) is 19.8 Å². The lowest BCUT2D eigenvalue weighted by atomic mass is 9.74. The zero-order valence-corrected chi connectivity index (χ0v) is 22.6. The number of esters is 1. The third-order valence-electron chi connectivity index (χ3n) is 8.45. The molecule has 0 aliphatic carbocycles. The number of nitrogens with zero attached hydrogens (tertiary/aromatic N) is 2. The lowest BCUT2D eigenvalue weighted by molar-refractivity contribution is -0.154. The second-order valence-electron chi connectivity index (χ2n) is 10.8. The number of carbonyl (C=O) groups is 3. The molecule has 6 atom stereocenters. The summed E-state index contributed by atoms with van der Waals surface area (Å²) in [5.74, 6) is -2.45. The van der Waals surface area contributed by atoms with Crippen LogP contribution in [-0.2, 0) is 25.7 Å². The monoisotopic (exact) mass is 544 g/mol. The molecule has 2 saturated heterocycles. The van der Waals surface area contributed by atoms with Gasteiger partial charge < -0.3 is 19.6 Å². The molecule has 6 rings (SSSR count). The molecule has 2 fully saturated rings. The van der Waals surface area contributed by atoms with Gasteiger partial charge in [-0.15, -0.1) is 11.8 Å². The van der Waals surface area contributed by atoms with E-state index in [9.17, 15) is 19.5 Å². The number of amides is 2. The SMILES string of the molecule is C[C@]12C=CCCOC(=O)[C@H]1[C@H]1C(=O)N([C@H](CO)c3ccccc3)C3C(=O)N(Cc4ccccc4)CC=C[C@@]31S2. The fourth-order valence-electron chi connectivity index (χ4n) is 6.79. The van der Waals surface area contributed by atoms with E-state index in [4.69, 9.17) is 4.74 Å². The minimum atomic E-state index is -0.991. The number of fused-ring (bicyclic) bond motifs is 2. The molecule has 0 radical (unpaired) electrons. The van der Waals surface area contributed by atoms with Gasteiger partial charge in [-0.25, -0.2) is 0 Å². The number of ether oxygens (including phenoxy) is 1. The van der Waals surface area contributed by atoms with Crippen LogP contribution in [0.5, 0.6) is 0 Å². The third kappa shape index (κ3) is 4.12. The van der Waals surface area contributed by atoms with Crippen molar-refractivity contribution in [2.45, 2.75) is 41.5 Å². The van der Waals surface area contributed by atoms with E-state index in [1.165, 1.54) is 11.8 Å². The predicted molar refractivity (Wildman–Crippen MR) is 148 cm³/mol. The molecule has 0 saturated carbocycles. The summed E-state index contributed by atoms with van der Waals surface area (Å²) >= 11 is 1.52. The molecule has 4 aliphatic heterocycles. The van der Waals surface area contributed by atoms with E-state index < -0.39 is 39.4 Å². The van der Waals surface area contributed by atoms with Gasteiger partial charge in [0.15, 0.2) is 0 Å². The molecule has 4 heterocycles. The van der Waals surface area contributed by atoms with Crippen LogP contribution in [0.4, 0.5) is 0 Å². The highest BCUT2D eigenvalue weighted by molar-refractivity contribution is 8.02. The number of rotatable bonds is 5. The van der Waals surface area contributed by atoms with Crippen molar-refractivity contribution in [2.24, 2.45) is 11.8 Å². The number of hydrogen-bond donors (Lipinski definition) is 1. The van der Waals surface area contributed by atoms with Crippen molar-refractivity contribution < 1.29 is 24.2 Å². The van der Waals surface area contributed by atoms with Crippen molar-refractivity contribution in [3.05, 3.63) is 96.1 Å². The van der Waals surface area contributed by atoms with E-state index in [1.54, 1.807) is 9.80 Å². The molecule has 39 heavy (non-hydrogen) atoms. The van der Waals surface area contributed by atoms with Gasteiger partial charge in [-0.2, -0.15) is 0 Å². The maximum absolute atomic E-state index is 14.6. The second-order valence-corrected chi connectivity index (χ2v) is 12.6. The van der Waals surface area contributed by atoms with Crippen molar-refractivity contribution in [3.8, 4) is 0 Å². The maximum Gasteiger partial charge on any atom is 0.311 e. The zero-order valence-electron chi connectivity index (χ0n) is 21.8. The molecule has 2 aromatic carbocycles. The number of benzene rings is 2. The fourth-order valence-corrected chi connectivity index (χ4v) is 8.92. The molecule has 2 amide bonds. The first-order valence-electron chi connectivity index (χ1n) is 13.4. The van der Waals surface area contributed by atoms with E-state index in [0.717, 1.165) is 11.1 Å². The van der Waals surface area contributed by atoms with Crippen LogP contribution in [0.3, 0.4) is 0 Å². The van der Waals surface area contributed by atoms with Crippen LogP contribution in [0.25, 0.3) is 0 Å². The van der Waals surface area contributed by atoms with Gasteiger partial charge in [0.2, 0.25) is 11.8 Å². The third-order valence-corrected chi connectivity index (χ3v) is 10.2. The summed E-state index contributed by atoms with van der Waals surface area (Å²) in [6.07, 6.45) is 8.59. The summed E-state index contributed by atoms with van der Waals surface area (Å²) in [5, 5.41) is 10.6. The zero-order chi connectivity index (χ0) is 27.2. The van der Waals surface area contributed by atoms with Crippen LogP contribution >= 0.6 is 11.8 Å². The van der Waals surface area contributed by atoms with E-state index >= 15 is 0 Å². The summed E-state index contributed by atoms with van der Waals surface area (Å²) < 4.78 is 3.91. The second kappa shape index (κ2) is 9.99. The van der Waals surface area contributed by atoms with Crippen LogP contribution in [0.1, 0.15) is 30.5 Å². The minimum Gasteiger partial charge on any atom is -0.465 e. The summed E-state index contributed by atoms with van der Waals surface area (Å²) in [5.41, 5.74) is 1.73. The molecule has 8 heteroatoms. The normalized spacial score (nSPS) is 32.6. The van der Waals surface area contributed by atoms with Gasteiger partial charge in [-0.05, 0) is 24.5 Å². The molecule has 0 bridgehead atoms. The van der Waals surface area contributed by atoms with Crippen LogP contribution < -0.4 is 0 Å². The van der Waals surface area contributed by atoms with E-state index in [0.29, 0.717) is 19.5 Å². The first kappa shape index (κ1) is 25.9. The number of thioether (sulfide) groups is 1. The van der Waals surface area contributed by atoms with Crippen molar-refractivity contribution in [1.29, 1.82) is 0 Å². The van der Waals surface area contributed by atoms with Gasteiger partial charge in [0.05, 0.1) is 35.8 Å². The van der Waals surface area contributed by atoms with Gasteiger partial charge in [0, 0.05) is 17.8 Å². The highest BCUT2D eigenvalue weighted by Gasteiger charge is 2.74. The van der Waals surface area contributed by atoms with Crippen LogP contribution in [0.15, 0.2) is 85.0 Å². The van der Waals surface area contributed by atoms with Crippen molar-refractivity contribution in [3.63, 3.8) is 0 Å². The van der Waals surface area contributed by atoms with Crippen LogP contribution in [0.2, 0.25) is 0 Å². The molecule has 1 spiro atoms. The quantitative estimate of drug-likeness (QED) is 0.458. The Morgan fingerprint density at radius 1 is 0.974 bits per heavy atom. The van der Waals surface area contributed by atoms with Crippen LogP contribution in [-0.4, -0.2) is 68.0 Å². The molecular formula is C31H32N2O5S. The molecule has 1 unspecified atom stereocenters. The Hall–Kier alpha value is -3.36. The smallest absolute Gasteiger partial charge is 0.311 e. The Bertz CT molecular complexity index is 1330. The maximum atomic E-state index is 14.6. The number of aliphatic hydroxyl groups excluding tert-OH is 1.